The maximum absolute atomic E-state index is 11.4. The molecule has 0 spiro atoms. The largest absolute Gasteiger partial charge is 0.480 e. The van der Waals surface area contributed by atoms with E-state index in [-0.39, 0.29) is 6.54 Å². The van der Waals surface area contributed by atoms with Crippen LogP contribution in [-0.4, -0.2) is 38.7 Å². The van der Waals surface area contributed by atoms with Gasteiger partial charge in [0, 0.05) is 24.8 Å². The molecule has 1 aliphatic heterocycles. The lowest BCUT2D eigenvalue weighted by Gasteiger charge is -2.28. The summed E-state index contributed by atoms with van der Waals surface area (Å²) in [4.78, 5) is 22.6. The summed E-state index contributed by atoms with van der Waals surface area (Å²) in [7, 11) is 0. The van der Waals surface area contributed by atoms with Crippen LogP contribution < -0.4 is 4.90 Å². The Bertz CT molecular complexity index is 898. The Balaban J connectivity index is 1.92. The summed E-state index contributed by atoms with van der Waals surface area (Å²) < 4.78 is 1.77. The van der Waals surface area contributed by atoms with Crippen molar-refractivity contribution < 1.29 is 9.90 Å². The number of carboxylic acids is 1. The fourth-order valence-corrected chi connectivity index (χ4v) is 3.55. The van der Waals surface area contributed by atoms with E-state index >= 15 is 0 Å². The third-order valence-electron chi connectivity index (χ3n) is 4.68. The Labute approximate surface area is 145 Å². The van der Waals surface area contributed by atoms with Gasteiger partial charge in [-0.1, -0.05) is 30.3 Å². The van der Waals surface area contributed by atoms with Crippen molar-refractivity contribution in [1.29, 1.82) is 0 Å². The Hall–Kier alpha value is -2.89. The molecule has 0 radical (unpaired) electrons. The highest BCUT2D eigenvalue weighted by Crippen LogP contribution is 2.34. The van der Waals surface area contributed by atoms with Gasteiger partial charge < -0.3 is 14.6 Å². The minimum absolute atomic E-state index is 0.0997. The van der Waals surface area contributed by atoms with Gasteiger partial charge in [0.2, 0.25) is 0 Å². The summed E-state index contributed by atoms with van der Waals surface area (Å²) in [6.07, 6.45) is 6.98. The first-order valence-corrected chi connectivity index (χ1v) is 8.60. The van der Waals surface area contributed by atoms with Gasteiger partial charge in [-0.05, 0) is 24.8 Å². The second kappa shape index (κ2) is 6.55. The average Bonchev–Trinajstić information content (AvgIpc) is 3.01. The molecule has 0 atom stereocenters. The van der Waals surface area contributed by atoms with Gasteiger partial charge in [-0.15, -0.1) is 0 Å². The molecule has 6 nitrogen and oxygen atoms in total. The zero-order chi connectivity index (χ0) is 17.2. The molecule has 1 saturated heterocycles. The van der Waals surface area contributed by atoms with E-state index in [9.17, 15) is 9.90 Å². The molecule has 6 heteroatoms. The molecule has 128 valence electrons. The van der Waals surface area contributed by atoms with E-state index in [1.807, 2.05) is 36.5 Å². The van der Waals surface area contributed by atoms with Gasteiger partial charge in [-0.3, -0.25) is 4.79 Å². The van der Waals surface area contributed by atoms with Crippen molar-refractivity contribution in [2.75, 3.05) is 18.0 Å². The van der Waals surface area contributed by atoms with Crippen molar-refractivity contribution in [1.82, 2.24) is 14.5 Å². The van der Waals surface area contributed by atoms with E-state index in [0.29, 0.717) is 0 Å². The molecule has 1 aromatic carbocycles. The van der Waals surface area contributed by atoms with E-state index < -0.39 is 5.97 Å². The molecule has 2 aromatic heterocycles. The smallest absolute Gasteiger partial charge is 0.323 e. The fraction of sp³-hybridized carbons (Fsp3) is 0.316. The maximum atomic E-state index is 11.4. The molecular weight excluding hydrogens is 316 g/mol. The van der Waals surface area contributed by atoms with E-state index in [1.54, 1.807) is 10.9 Å². The highest BCUT2D eigenvalue weighted by atomic mass is 16.4. The fourth-order valence-electron chi connectivity index (χ4n) is 3.55. The van der Waals surface area contributed by atoms with E-state index in [1.165, 1.54) is 6.42 Å². The predicted octanol–water partition coefficient (Wildman–Crippen LogP) is 3.17. The van der Waals surface area contributed by atoms with Gasteiger partial charge >= 0.3 is 5.97 Å². The molecule has 0 aliphatic carbocycles. The number of aromatic nitrogens is 3. The van der Waals surface area contributed by atoms with Crippen LogP contribution in [0.5, 0.6) is 0 Å². The standard InChI is InChI=1S/C19H20N4O2/c24-16(25)12-23-11-15(14-7-3-1-4-8-14)17-18(23)19(21-13-20-17)22-9-5-2-6-10-22/h1,3-4,7-8,11,13H,2,5-6,9-10,12H2,(H,24,25). The molecule has 3 heterocycles. The molecule has 0 amide bonds. The van der Waals surface area contributed by atoms with Crippen molar-refractivity contribution in [3.63, 3.8) is 0 Å². The number of nitrogens with zero attached hydrogens (tertiary/aromatic N) is 4. The number of aliphatic carboxylic acids is 1. The zero-order valence-electron chi connectivity index (χ0n) is 13.9. The monoisotopic (exact) mass is 336 g/mol. The van der Waals surface area contributed by atoms with Crippen molar-refractivity contribution in [3.05, 3.63) is 42.9 Å². The second-order valence-corrected chi connectivity index (χ2v) is 6.37. The molecule has 0 unspecified atom stereocenters. The van der Waals surface area contributed by atoms with Crippen LogP contribution >= 0.6 is 0 Å². The van der Waals surface area contributed by atoms with E-state index in [2.05, 4.69) is 14.9 Å². The lowest BCUT2D eigenvalue weighted by atomic mass is 10.1. The van der Waals surface area contributed by atoms with Crippen molar-refractivity contribution in [2.24, 2.45) is 0 Å². The van der Waals surface area contributed by atoms with Gasteiger partial charge in [-0.2, -0.15) is 0 Å². The summed E-state index contributed by atoms with van der Waals surface area (Å²) in [5, 5.41) is 9.33. The highest BCUT2D eigenvalue weighted by molar-refractivity contribution is 5.99. The average molecular weight is 336 g/mol. The minimum atomic E-state index is -0.870. The molecular formula is C19H20N4O2. The summed E-state index contributed by atoms with van der Waals surface area (Å²) in [6, 6.07) is 9.95. The highest BCUT2D eigenvalue weighted by Gasteiger charge is 2.21. The van der Waals surface area contributed by atoms with Crippen LogP contribution in [0.25, 0.3) is 22.2 Å². The van der Waals surface area contributed by atoms with Crippen LogP contribution in [0.3, 0.4) is 0 Å². The summed E-state index contributed by atoms with van der Waals surface area (Å²) in [6.45, 7) is 1.80. The SMILES string of the molecule is O=C(O)Cn1cc(-c2ccccc2)c2ncnc(N3CCCCC3)c21. The minimum Gasteiger partial charge on any atom is -0.480 e. The van der Waals surface area contributed by atoms with Gasteiger partial charge in [0.1, 0.15) is 23.9 Å². The summed E-state index contributed by atoms with van der Waals surface area (Å²) >= 11 is 0. The van der Waals surface area contributed by atoms with Crippen LogP contribution in [0.1, 0.15) is 19.3 Å². The number of benzene rings is 1. The number of hydrogen-bond acceptors (Lipinski definition) is 4. The molecule has 0 saturated carbocycles. The second-order valence-electron chi connectivity index (χ2n) is 6.37. The number of piperidine rings is 1. The van der Waals surface area contributed by atoms with Crippen LogP contribution in [0.2, 0.25) is 0 Å². The molecule has 1 fully saturated rings. The van der Waals surface area contributed by atoms with Gasteiger partial charge in [0.25, 0.3) is 0 Å². The van der Waals surface area contributed by atoms with E-state index in [0.717, 1.165) is 53.9 Å². The first-order valence-electron chi connectivity index (χ1n) is 8.60. The zero-order valence-corrected chi connectivity index (χ0v) is 13.9. The normalized spacial score (nSPS) is 14.8. The predicted molar refractivity (Wildman–Crippen MR) is 96.7 cm³/mol. The number of hydrogen-bond donors (Lipinski definition) is 1. The molecule has 4 rings (SSSR count). The quantitative estimate of drug-likeness (QED) is 0.792. The van der Waals surface area contributed by atoms with Gasteiger partial charge in [-0.25, -0.2) is 9.97 Å². The lowest BCUT2D eigenvalue weighted by Crippen LogP contribution is -2.30. The Morgan fingerprint density at radius 1 is 1.08 bits per heavy atom. The van der Waals surface area contributed by atoms with Crippen LogP contribution in [0.4, 0.5) is 5.82 Å². The number of rotatable bonds is 4. The molecule has 3 aromatic rings. The first-order chi connectivity index (χ1) is 12.2. The van der Waals surface area contributed by atoms with Crippen LogP contribution in [0, 0.1) is 0 Å². The first kappa shape index (κ1) is 15.6. The van der Waals surface area contributed by atoms with Crippen LogP contribution in [0.15, 0.2) is 42.9 Å². The number of fused-ring (bicyclic) bond motifs is 1. The third kappa shape index (κ3) is 2.95. The molecule has 0 bridgehead atoms. The van der Waals surface area contributed by atoms with Crippen molar-refractivity contribution in [2.45, 2.75) is 25.8 Å². The van der Waals surface area contributed by atoms with E-state index in [4.69, 9.17) is 0 Å². The van der Waals surface area contributed by atoms with Crippen molar-refractivity contribution in [3.8, 4) is 11.1 Å². The summed E-state index contributed by atoms with van der Waals surface area (Å²) in [5.74, 6) is -0.0295. The number of carbonyl (C=O) groups is 1. The molecule has 25 heavy (non-hydrogen) atoms. The third-order valence-corrected chi connectivity index (χ3v) is 4.68. The lowest BCUT2D eigenvalue weighted by molar-refractivity contribution is -0.137. The van der Waals surface area contributed by atoms with Crippen molar-refractivity contribution >= 4 is 22.8 Å². The molecule has 1 N–H and O–H groups in total. The molecule has 1 aliphatic rings. The van der Waals surface area contributed by atoms with Crippen LogP contribution in [-0.2, 0) is 11.3 Å². The Morgan fingerprint density at radius 2 is 1.84 bits per heavy atom. The number of anilines is 1. The number of carboxylic acid groups (broad SMARTS) is 1. The Kier molecular flexibility index (Phi) is 4.09. The summed E-state index contributed by atoms with van der Waals surface area (Å²) in [5.41, 5.74) is 3.59. The maximum Gasteiger partial charge on any atom is 0.323 e. The van der Waals surface area contributed by atoms with Gasteiger partial charge in [0.05, 0.1) is 0 Å². The van der Waals surface area contributed by atoms with Gasteiger partial charge in [0.15, 0.2) is 5.82 Å². The Morgan fingerprint density at radius 3 is 2.56 bits per heavy atom. The topological polar surface area (TPSA) is 71.2 Å².